The van der Waals surface area contributed by atoms with E-state index < -0.39 is 16.3 Å². The topological polar surface area (TPSA) is 71.4 Å². The third-order valence-electron chi connectivity index (χ3n) is 4.14. The van der Waals surface area contributed by atoms with E-state index in [2.05, 4.69) is 5.10 Å². The van der Waals surface area contributed by atoms with Crippen LogP contribution in [0.5, 0.6) is 0 Å². The van der Waals surface area contributed by atoms with Gasteiger partial charge in [0.25, 0.3) is 0 Å². The Morgan fingerprint density at radius 1 is 1.18 bits per heavy atom. The number of hydrazone groups is 1. The normalized spacial score (nSPS) is 21.4. The van der Waals surface area contributed by atoms with Gasteiger partial charge in [0.1, 0.15) is 4.91 Å². The monoisotopic (exact) mass is 441 g/mol. The van der Waals surface area contributed by atoms with Crippen LogP contribution in [0.1, 0.15) is 20.8 Å². The van der Waals surface area contributed by atoms with Crippen molar-refractivity contribution in [3.63, 3.8) is 0 Å². The first-order chi connectivity index (χ1) is 13.3. The zero-order valence-electron chi connectivity index (χ0n) is 15.9. The highest BCUT2D eigenvalue weighted by molar-refractivity contribution is 8.28. The Hall–Kier alpha value is -1.84. The maximum absolute atomic E-state index is 12.5. The molecular formula is C18H20ClN3O4S2. The van der Waals surface area contributed by atoms with Gasteiger partial charge in [0.05, 0.1) is 18.9 Å². The van der Waals surface area contributed by atoms with Crippen LogP contribution in [0.25, 0.3) is 0 Å². The second-order valence-corrected chi connectivity index (χ2v) is 8.90. The first kappa shape index (κ1) is 20.9. The lowest BCUT2D eigenvalue weighted by molar-refractivity contribution is -0.137. The molecule has 1 spiro atoms. The Kier molecular flexibility index (Phi) is 6.16. The van der Waals surface area contributed by atoms with Crippen molar-refractivity contribution >= 4 is 57.8 Å². The van der Waals surface area contributed by atoms with Gasteiger partial charge in [-0.1, -0.05) is 29.4 Å². The van der Waals surface area contributed by atoms with E-state index in [4.69, 9.17) is 21.1 Å². The maximum atomic E-state index is 12.5. The second kappa shape index (κ2) is 8.26. The van der Waals surface area contributed by atoms with Gasteiger partial charge in [-0.05, 0) is 50.7 Å². The third-order valence-corrected chi connectivity index (χ3v) is 7.41. The van der Waals surface area contributed by atoms with E-state index in [-0.39, 0.29) is 18.3 Å². The number of hydrogen-bond donors (Lipinski definition) is 0. The molecule has 28 heavy (non-hydrogen) atoms. The standard InChI is InChI=1S/C18H20ClN3O4S2/c1-5-25-16(23)14-11(3)21(4)18(27-14)22(13-9-7-8-12(19)10-13)20-15(28-18)17(24)26-6-2/h7-10H,5-6H2,1-4H3. The molecule has 0 aromatic heterocycles. The predicted octanol–water partition coefficient (Wildman–Crippen LogP) is 3.85. The summed E-state index contributed by atoms with van der Waals surface area (Å²) in [7, 11) is 1.85. The summed E-state index contributed by atoms with van der Waals surface area (Å²) >= 11 is 8.69. The summed E-state index contributed by atoms with van der Waals surface area (Å²) in [5, 5.41) is 6.95. The average Bonchev–Trinajstić information content (AvgIpc) is 3.17. The van der Waals surface area contributed by atoms with E-state index >= 15 is 0 Å². The van der Waals surface area contributed by atoms with E-state index in [0.717, 1.165) is 5.70 Å². The fraction of sp³-hybridized carbons (Fsp3) is 0.389. The van der Waals surface area contributed by atoms with Crippen LogP contribution in [-0.4, -0.2) is 46.5 Å². The van der Waals surface area contributed by atoms with E-state index in [0.29, 0.717) is 15.6 Å². The summed E-state index contributed by atoms with van der Waals surface area (Å²) in [6.07, 6.45) is 0. The van der Waals surface area contributed by atoms with E-state index in [1.54, 1.807) is 37.1 Å². The van der Waals surface area contributed by atoms with Gasteiger partial charge < -0.3 is 14.4 Å². The van der Waals surface area contributed by atoms with Crippen molar-refractivity contribution in [3.8, 4) is 0 Å². The van der Waals surface area contributed by atoms with Crippen molar-refractivity contribution in [2.24, 2.45) is 5.10 Å². The molecule has 1 unspecified atom stereocenters. The van der Waals surface area contributed by atoms with Gasteiger partial charge in [0.2, 0.25) is 9.37 Å². The summed E-state index contributed by atoms with van der Waals surface area (Å²) in [5.74, 6) is -0.905. The summed E-state index contributed by atoms with van der Waals surface area (Å²) in [4.78, 5) is 27.2. The molecule has 0 bridgehead atoms. The number of thioether (sulfide) groups is 2. The van der Waals surface area contributed by atoms with E-state index in [9.17, 15) is 9.59 Å². The molecule has 0 N–H and O–H groups in total. The molecule has 0 amide bonds. The SMILES string of the molecule is CCOC(=O)C1=NN(c2cccc(Cl)c2)C2(S1)SC(C(=O)OCC)=C(C)N2C. The number of esters is 2. The van der Waals surface area contributed by atoms with Crippen LogP contribution in [0.2, 0.25) is 5.02 Å². The Labute approximate surface area is 177 Å². The lowest BCUT2D eigenvalue weighted by Gasteiger charge is -2.39. The Morgan fingerprint density at radius 2 is 1.86 bits per heavy atom. The van der Waals surface area contributed by atoms with Gasteiger partial charge in [-0.15, -0.1) is 0 Å². The summed E-state index contributed by atoms with van der Waals surface area (Å²) < 4.78 is 9.43. The van der Waals surface area contributed by atoms with Crippen molar-refractivity contribution in [3.05, 3.63) is 39.9 Å². The number of carbonyl (C=O) groups excluding carboxylic acids is 2. The van der Waals surface area contributed by atoms with Crippen molar-refractivity contribution < 1.29 is 19.1 Å². The molecule has 3 rings (SSSR count). The van der Waals surface area contributed by atoms with Crippen molar-refractivity contribution in [1.29, 1.82) is 0 Å². The van der Waals surface area contributed by atoms with Crippen LogP contribution in [-0.2, 0) is 19.1 Å². The molecule has 150 valence electrons. The van der Waals surface area contributed by atoms with Gasteiger partial charge in [0, 0.05) is 17.8 Å². The quantitative estimate of drug-likeness (QED) is 0.638. The van der Waals surface area contributed by atoms with Gasteiger partial charge in [-0.2, -0.15) is 5.10 Å². The molecule has 2 heterocycles. The summed E-state index contributed by atoms with van der Waals surface area (Å²) in [6, 6.07) is 7.17. The number of allylic oxidation sites excluding steroid dienone is 1. The minimum atomic E-state index is -0.904. The zero-order chi connectivity index (χ0) is 20.5. The predicted molar refractivity (Wildman–Crippen MR) is 113 cm³/mol. The maximum Gasteiger partial charge on any atom is 0.365 e. The molecule has 10 heteroatoms. The molecule has 0 fully saturated rings. The van der Waals surface area contributed by atoms with Crippen LogP contribution in [0.4, 0.5) is 5.69 Å². The summed E-state index contributed by atoms with van der Waals surface area (Å²) in [6.45, 7) is 5.87. The number of rotatable bonds is 5. The highest BCUT2D eigenvalue weighted by Gasteiger charge is 2.56. The van der Waals surface area contributed by atoms with Crippen LogP contribution >= 0.6 is 35.1 Å². The molecular weight excluding hydrogens is 422 g/mol. The lowest BCUT2D eigenvalue weighted by atomic mass is 10.3. The van der Waals surface area contributed by atoms with Crippen molar-refractivity contribution in [2.45, 2.75) is 25.1 Å². The minimum absolute atomic E-state index is 0.207. The van der Waals surface area contributed by atoms with Gasteiger partial charge >= 0.3 is 11.9 Å². The minimum Gasteiger partial charge on any atom is -0.462 e. The van der Waals surface area contributed by atoms with E-state index in [1.165, 1.54) is 23.5 Å². The number of hydrogen-bond acceptors (Lipinski definition) is 9. The molecule has 1 aromatic rings. The number of ether oxygens (including phenoxy) is 2. The second-order valence-electron chi connectivity index (χ2n) is 5.86. The van der Waals surface area contributed by atoms with Gasteiger partial charge in [-0.25, -0.2) is 14.6 Å². The number of anilines is 1. The number of halogens is 1. The van der Waals surface area contributed by atoms with E-state index in [1.807, 2.05) is 24.9 Å². The van der Waals surface area contributed by atoms with Gasteiger partial charge in [0.15, 0.2) is 0 Å². The molecule has 0 saturated carbocycles. The molecule has 7 nitrogen and oxygen atoms in total. The molecule has 0 saturated heterocycles. The highest BCUT2D eigenvalue weighted by atomic mass is 35.5. The third kappa shape index (κ3) is 3.58. The van der Waals surface area contributed by atoms with Crippen LogP contribution in [0, 0.1) is 0 Å². The summed E-state index contributed by atoms with van der Waals surface area (Å²) in [5.41, 5.74) is 1.43. The van der Waals surface area contributed by atoms with Crippen LogP contribution < -0.4 is 5.01 Å². The fourth-order valence-corrected chi connectivity index (χ4v) is 5.81. The average molecular weight is 442 g/mol. The molecule has 0 radical (unpaired) electrons. The first-order valence-corrected chi connectivity index (χ1v) is 10.7. The molecule has 2 aliphatic heterocycles. The van der Waals surface area contributed by atoms with Crippen molar-refractivity contribution in [1.82, 2.24) is 4.90 Å². The number of carbonyl (C=O) groups is 2. The first-order valence-electron chi connectivity index (χ1n) is 8.65. The number of benzene rings is 1. The van der Waals surface area contributed by atoms with Crippen LogP contribution in [0.15, 0.2) is 40.0 Å². The fourth-order valence-electron chi connectivity index (χ4n) is 2.75. The van der Waals surface area contributed by atoms with Crippen molar-refractivity contribution in [2.75, 3.05) is 25.3 Å². The Morgan fingerprint density at radius 3 is 2.50 bits per heavy atom. The highest BCUT2D eigenvalue weighted by Crippen LogP contribution is 2.58. The van der Waals surface area contributed by atoms with Gasteiger partial charge in [-0.3, -0.25) is 0 Å². The number of nitrogens with zero attached hydrogens (tertiary/aromatic N) is 3. The largest absolute Gasteiger partial charge is 0.462 e. The lowest BCUT2D eigenvalue weighted by Crippen LogP contribution is -2.47. The Bertz CT molecular complexity index is 876. The van der Waals surface area contributed by atoms with Crippen LogP contribution in [0.3, 0.4) is 0 Å². The zero-order valence-corrected chi connectivity index (χ0v) is 18.3. The molecule has 1 aromatic carbocycles. The molecule has 1 atom stereocenters. The molecule has 0 aliphatic carbocycles. The molecule has 2 aliphatic rings. The Balaban J connectivity index is 2.03. The smallest absolute Gasteiger partial charge is 0.365 e.